The summed E-state index contributed by atoms with van der Waals surface area (Å²) in [5.74, 6) is 0.389. The number of ether oxygens (including phenoxy) is 1. The van der Waals surface area contributed by atoms with E-state index in [0.29, 0.717) is 11.6 Å². The molecular formula is C26H31F4N5O2. The lowest BCUT2D eigenvalue weighted by Crippen LogP contribution is -2.21. The van der Waals surface area contributed by atoms with Crippen molar-refractivity contribution in [1.82, 2.24) is 14.7 Å². The van der Waals surface area contributed by atoms with Crippen molar-refractivity contribution < 1.29 is 27.1 Å². The Morgan fingerprint density at radius 1 is 1.16 bits per heavy atom. The second kappa shape index (κ2) is 12.6. The monoisotopic (exact) mass is 521 g/mol. The highest BCUT2D eigenvalue weighted by molar-refractivity contribution is 5.88. The van der Waals surface area contributed by atoms with Gasteiger partial charge in [-0.1, -0.05) is 37.3 Å². The van der Waals surface area contributed by atoms with Gasteiger partial charge in [0.2, 0.25) is 5.88 Å². The molecule has 3 aromatic rings. The van der Waals surface area contributed by atoms with Gasteiger partial charge in [-0.05, 0) is 68.6 Å². The Labute approximate surface area is 213 Å². The van der Waals surface area contributed by atoms with Crippen LogP contribution in [0.1, 0.15) is 36.8 Å². The van der Waals surface area contributed by atoms with E-state index in [9.17, 15) is 22.4 Å². The van der Waals surface area contributed by atoms with Gasteiger partial charge in [0.1, 0.15) is 11.6 Å². The Kier molecular flexibility index (Phi) is 9.51. The van der Waals surface area contributed by atoms with E-state index in [2.05, 4.69) is 27.0 Å². The number of hydrogen-bond acceptors (Lipinski definition) is 4. The average Bonchev–Trinajstić information content (AvgIpc) is 3.44. The lowest BCUT2D eigenvalue weighted by atomic mass is 9.99. The Balaban J connectivity index is 0.000000220. The SMILES string of the molecule is CCCN1CCC(c2ccc(F)cc2)C1.Cc1c(OCC(F)(F)F)nn(-c2ccccc2)c1NC(N)=O. The van der Waals surface area contributed by atoms with Gasteiger partial charge in [-0.2, -0.15) is 13.2 Å². The lowest BCUT2D eigenvalue weighted by molar-refractivity contribution is -0.154. The van der Waals surface area contributed by atoms with E-state index in [1.54, 1.807) is 42.5 Å². The van der Waals surface area contributed by atoms with Crippen LogP contribution in [0.15, 0.2) is 54.6 Å². The van der Waals surface area contributed by atoms with Gasteiger partial charge in [0.05, 0.1) is 11.3 Å². The smallest absolute Gasteiger partial charge is 0.422 e. The molecular weight excluding hydrogens is 490 g/mol. The molecule has 0 spiro atoms. The van der Waals surface area contributed by atoms with E-state index in [1.165, 1.54) is 43.1 Å². The summed E-state index contributed by atoms with van der Waals surface area (Å²) in [4.78, 5) is 13.6. The second-order valence-corrected chi connectivity index (χ2v) is 8.76. The number of para-hydroxylation sites is 1. The predicted molar refractivity (Wildman–Crippen MR) is 134 cm³/mol. The summed E-state index contributed by atoms with van der Waals surface area (Å²) in [5, 5.41) is 6.30. The van der Waals surface area contributed by atoms with Crippen LogP contribution in [-0.2, 0) is 0 Å². The lowest BCUT2D eigenvalue weighted by Gasteiger charge is -2.14. The fourth-order valence-electron chi connectivity index (χ4n) is 4.14. The number of halogens is 4. The van der Waals surface area contributed by atoms with E-state index in [4.69, 9.17) is 5.73 Å². The standard InChI is InChI=1S/C13H13F3N4O2.C13H18FN/c1-8-10(18-12(17)21)20(9-5-3-2-4-6-9)19-11(8)22-7-13(14,15)16;1-2-8-15-9-7-12(10-15)11-3-5-13(14)6-4-11/h2-6H,7H2,1H3,(H3,17,18,21);3-6,12H,2,7-10H2,1H3. The first-order chi connectivity index (χ1) is 17.6. The molecule has 11 heteroatoms. The predicted octanol–water partition coefficient (Wildman–Crippen LogP) is 5.64. The quantitative estimate of drug-likeness (QED) is 0.394. The van der Waals surface area contributed by atoms with Crippen LogP contribution in [-0.4, -0.2) is 53.1 Å². The molecule has 2 amide bonds. The van der Waals surface area contributed by atoms with Crippen molar-refractivity contribution >= 4 is 11.8 Å². The highest BCUT2D eigenvalue weighted by Gasteiger charge is 2.30. The van der Waals surface area contributed by atoms with Gasteiger partial charge in [0.15, 0.2) is 6.61 Å². The minimum atomic E-state index is -4.49. The normalized spacial score (nSPS) is 15.7. The molecule has 1 atom stereocenters. The molecule has 37 heavy (non-hydrogen) atoms. The highest BCUT2D eigenvalue weighted by atomic mass is 19.4. The number of alkyl halides is 3. The number of benzene rings is 2. The minimum absolute atomic E-state index is 0.137. The van der Waals surface area contributed by atoms with Crippen LogP contribution in [0.25, 0.3) is 5.69 Å². The first-order valence-corrected chi connectivity index (χ1v) is 12.0. The van der Waals surface area contributed by atoms with Crippen LogP contribution in [0.5, 0.6) is 5.88 Å². The van der Waals surface area contributed by atoms with Gasteiger partial charge in [-0.15, -0.1) is 5.10 Å². The number of carbonyl (C=O) groups is 1. The number of likely N-dealkylation sites (tertiary alicyclic amines) is 1. The zero-order valence-corrected chi connectivity index (χ0v) is 20.8. The Bertz CT molecular complexity index is 1150. The number of carbonyl (C=O) groups excluding carboxylic acids is 1. The number of nitrogens with two attached hydrogens (primary N) is 1. The van der Waals surface area contributed by atoms with E-state index in [-0.39, 0.29) is 23.1 Å². The third kappa shape index (κ3) is 8.21. The van der Waals surface area contributed by atoms with Gasteiger partial charge < -0.3 is 15.4 Å². The summed E-state index contributed by atoms with van der Waals surface area (Å²) in [5.41, 5.74) is 7.15. The van der Waals surface area contributed by atoms with Crippen molar-refractivity contribution in [2.45, 2.75) is 38.8 Å². The van der Waals surface area contributed by atoms with Gasteiger partial charge in [-0.3, -0.25) is 5.32 Å². The molecule has 0 bridgehead atoms. The summed E-state index contributed by atoms with van der Waals surface area (Å²) in [6.07, 6.45) is -2.05. The fourth-order valence-corrected chi connectivity index (χ4v) is 4.14. The molecule has 0 saturated carbocycles. The maximum absolute atomic E-state index is 12.8. The molecule has 0 radical (unpaired) electrons. The number of nitrogens with one attached hydrogen (secondary N) is 1. The van der Waals surface area contributed by atoms with E-state index in [1.807, 2.05) is 12.1 Å². The molecule has 1 aromatic heterocycles. The van der Waals surface area contributed by atoms with E-state index >= 15 is 0 Å². The van der Waals surface area contributed by atoms with Crippen LogP contribution in [0.2, 0.25) is 0 Å². The topological polar surface area (TPSA) is 85.4 Å². The third-order valence-corrected chi connectivity index (χ3v) is 5.85. The molecule has 4 rings (SSSR count). The van der Waals surface area contributed by atoms with Crippen molar-refractivity contribution in [1.29, 1.82) is 0 Å². The number of urea groups is 1. The molecule has 7 nitrogen and oxygen atoms in total. The van der Waals surface area contributed by atoms with Crippen LogP contribution in [0.4, 0.5) is 28.2 Å². The van der Waals surface area contributed by atoms with Crippen molar-refractivity contribution in [3.8, 4) is 11.6 Å². The summed E-state index contributed by atoms with van der Waals surface area (Å²) < 4.78 is 55.5. The van der Waals surface area contributed by atoms with E-state index < -0.39 is 18.8 Å². The summed E-state index contributed by atoms with van der Waals surface area (Å²) >= 11 is 0. The molecule has 1 saturated heterocycles. The number of nitrogens with zero attached hydrogens (tertiary/aromatic N) is 3. The number of rotatable bonds is 7. The summed E-state index contributed by atoms with van der Waals surface area (Å²) in [6.45, 7) is 5.73. The molecule has 3 N–H and O–H groups in total. The molecule has 0 aliphatic carbocycles. The average molecular weight is 522 g/mol. The van der Waals surface area contributed by atoms with Crippen molar-refractivity contribution in [2.24, 2.45) is 5.73 Å². The number of anilines is 1. The Hall–Kier alpha value is -3.60. The minimum Gasteiger partial charge on any atom is -0.467 e. The maximum Gasteiger partial charge on any atom is 0.422 e. The third-order valence-electron chi connectivity index (χ3n) is 5.85. The Morgan fingerprint density at radius 3 is 2.43 bits per heavy atom. The van der Waals surface area contributed by atoms with Crippen molar-refractivity contribution in [2.75, 3.05) is 31.6 Å². The number of aromatic nitrogens is 2. The zero-order valence-electron chi connectivity index (χ0n) is 20.8. The highest BCUT2D eigenvalue weighted by Crippen LogP contribution is 2.30. The largest absolute Gasteiger partial charge is 0.467 e. The number of primary amides is 1. The molecule has 1 aliphatic heterocycles. The number of amides is 2. The molecule has 1 aliphatic rings. The van der Waals surface area contributed by atoms with Crippen LogP contribution in [0.3, 0.4) is 0 Å². The van der Waals surface area contributed by atoms with Gasteiger partial charge in [0.25, 0.3) is 0 Å². The van der Waals surface area contributed by atoms with Crippen LogP contribution >= 0.6 is 0 Å². The van der Waals surface area contributed by atoms with Crippen LogP contribution in [0, 0.1) is 12.7 Å². The van der Waals surface area contributed by atoms with Crippen molar-refractivity contribution in [3.05, 3.63) is 71.5 Å². The molecule has 2 heterocycles. The van der Waals surface area contributed by atoms with Gasteiger partial charge in [-0.25, -0.2) is 13.9 Å². The maximum atomic E-state index is 12.8. The second-order valence-electron chi connectivity index (χ2n) is 8.76. The molecule has 1 fully saturated rings. The molecule has 1 unspecified atom stereocenters. The Morgan fingerprint density at radius 2 is 1.84 bits per heavy atom. The zero-order chi connectivity index (χ0) is 27.0. The first kappa shape index (κ1) is 28.0. The summed E-state index contributed by atoms with van der Waals surface area (Å²) in [7, 11) is 0. The van der Waals surface area contributed by atoms with Gasteiger partial charge >= 0.3 is 12.2 Å². The van der Waals surface area contributed by atoms with Crippen LogP contribution < -0.4 is 15.8 Å². The number of hydrogen-bond donors (Lipinski definition) is 2. The van der Waals surface area contributed by atoms with Crippen molar-refractivity contribution in [3.63, 3.8) is 0 Å². The first-order valence-electron chi connectivity index (χ1n) is 12.0. The van der Waals surface area contributed by atoms with E-state index in [0.717, 1.165) is 6.54 Å². The summed E-state index contributed by atoms with van der Waals surface area (Å²) in [6, 6.07) is 14.7. The molecule has 2 aromatic carbocycles. The van der Waals surface area contributed by atoms with Gasteiger partial charge in [0, 0.05) is 6.54 Å². The fraction of sp³-hybridized carbons (Fsp3) is 0.385. The molecule has 200 valence electrons.